The Morgan fingerprint density at radius 2 is 1.86 bits per heavy atom. The van der Waals surface area contributed by atoms with Gasteiger partial charge in [-0.3, -0.25) is 4.79 Å². The molecule has 3 aromatic rings. The van der Waals surface area contributed by atoms with Crippen LogP contribution >= 0.6 is 0 Å². The number of nitrogens with one attached hydrogen (secondary N) is 1. The fraction of sp³-hybridized carbons (Fsp3) is 0.333. The first-order valence-corrected chi connectivity index (χ1v) is 9.70. The van der Waals surface area contributed by atoms with Crippen molar-refractivity contribution in [1.82, 2.24) is 19.5 Å². The molecule has 0 spiro atoms. The molecule has 7 nitrogen and oxygen atoms in total. The van der Waals surface area contributed by atoms with E-state index in [0.717, 1.165) is 43.1 Å². The molecular weight excluding hydrogens is 352 g/mol. The number of rotatable bonds is 5. The second-order valence-electron chi connectivity index (χ2n) is 6.88. The normalized spacial score (nSPS) is 14.8. The summed E-state index contributed by atoms with van der Waals surface area (Å²) in [4.78, 5) is 27.9. The van der Waals surface area contributed by atoms with Crippen molar-refractivity contribution < 1.29 is 0 Å². The summed E-state index contributed by atoms with van der Waals surface area (Å²) in [6.07, 6.45) is 7.07. The Balaban J connectivity index is 1.41. The minimum atomic E-state index is -0.0142. The summed E-state index contributed by atoms with van der Waals surface area (Å²) in [6.45, 7) is 4.21. The summed E-state index contributed by atoms with van der Waals surface area (Å²) in [6, 6.07) is 12.2. The molecular formula is C21H24N6O. The lowest BCUT2D eigenvalue weighted by molar-refractivity contribution is 0.518. The first-order chi connectivity index (χ1) is 13.7. The first kappa shape index (κ1) is 18.2. The SMILES string of the molecule is CCn1ccnc(N2CCC(Nc3ccnc(-c4ccccc4)n3)CC2)c1=O. The molecule has 0 unspecified atom stereocenters. The van der Waals surface area contributed by atoms with E-state index in [9.17, 15) is 4.79 Å². The van der Waals surface area contributed by atoms with Crippen LogP contribution in [0.25, 0.3) is 11.4 Å². The summed E-state index contributed by atoms with van der Waals surface area (Å²) >= 11 is 0. The number of aromatic nitrogens is 4. The van der Waals surface area contributed by atoms with Crippen LogP contribution < -0.4 is 15.8 Å². The van der Waals surface area contributed by atoms with Crippen LogP contribution in [0.4, 0.5) is 11.6 Å². The van der Waals surface area contributed by atoms with Crippen LogP contribution in [0, 0.1) is 0 Å². The van der Waals surface area contributed by atoms with E-state index in [1.807, 2.05) is 43.3 Å². The number of anilines is 2. The van der Waals surface area contributed by atoms with Gasteiger partial charge in [0, 0.05) is 49.8 Å². The van der Waals surface area contributed by atoms with Gasteiger partial charge in [0.2, 0.25) is 0 Å². The van der Waals surface area contributed by atoms with Gasteiger partial charge in [0.25, 0.3) is 5.56 Å². The van der Waals surface area contributed by atoms with Crippen molar-refractivity contribution in [1.29, 1.82) is 0 Å². The lowest BCUT2D eigenvalue weighted by Crippen LogP contribution is -2.42. The van der Waals surface area contributed by atoms with Crippen LogP contribution in [0.2, 0.25) is 0 Å². The van der Waals surface area contributed by atoms with E-state index in [1.54, 1.807) is 23.2 Å². The molecule has 0 aliphatic carbocycles. The second kappa shape index (κ2) is 8.21. The van der Waals surface area contributed by atoms with Crippen LogP contribution in [0.5, 0.6) is 0 Å². The summed E-state index contributed by atoms with van der Waals surface area (Å²) in [5, 5.41) is 3.52. The van der Waals surface area contributed by atoms with Crippen molar-refractivity contribution in [3.63, 3.8) is 0 Å². The third-order valence-corrected chi connectivity index (χ3v) is 5.07. The summed E-state index contributed by atoms with van der Waals surface area (Å²) < 4.78 is 1.69. The standard InChI is InChI=1S/C21H24N6O/c1-2-26-15-12-23-20(21(26)28)27-13-9-17(10-14-27)24-18-8-11-22-19(25-18)16-6-4-3-5-7-16/h3-8,11-12,15,17H,2,9-10,13-14H2,1H3,(H,22,24,25). The molecule has 1 N–H and O–H groups in total. The van der Waals surface area contributed by atoms with Crippen molar-refractivity contribution in [3.05, 3.63) is 65.3 Å². The van der Waals surface area contributed by atoms with Gasteiger partial charge in [-0.1, -0.05) is 30.3 Å². The zero-order valence-corrected chi connectivity index (χ0v) is 16.0. The highest BCUT2D eigenvalue weighted by atomic mass is 16.1. The molecule has 28 heavy (non-hydrogen) atoms. The smallest absolute Gasteiger partial charge is 0.293 e. The van der Waals surface area contributed by atoms with Crippen LogP contribution in [0.1, 0.15) is 19.8 Å². The largest absolute Gasteiger partial charge is 0.367 e. The Hall–Kier alpha value is -3.22. The third-order valence-electron chi connectivity index (χ3n) is 5.07. The van der Waals surface area contributed by atoms with Crippen LogP contribution in [0.3, 0.4) is 0 Å². The molecule has 0 atom stereocenters. The Morgan fingerprint density at radius 3 is 2.61 bits per heavy atom. The van der Waals surface area contributed by atoms with Gasteiger partial charge in [-0.2, -0.15) is 0 Å². The zero-order chi connectivity index (χ0) is 19.3. The lowest BCUT2D eigenvalue weighted by atomic mass is 10.1. The minimum absolute atomic E-state index is 0.0142. The maximum absolute atomic E-state index is 12.5. The summed E-state index contributed by atoms with van der Waals surface area (Å²) in [7, 11) is 0. The summed E-state index contributed by atoms with van der Waals surface area (Å²) in [5.74, 6) is 2.10. The van der Waals surface area contributed by atoms with Crippen LogP contribution in [0.15, 0.2) is 59.8 Å². The lowest BCUT2D eigenvalue weighted by Gasteiger charge is -2.33. The second-order valence-corrected chi connectivity index (χ2v) is 6.88. The van der Waals surface area contributed by atoms with Gasteiger partial charge in [0.1, 0.15) is 5.82 Å². The van der Waals surface area contributed by atoms with Gasteiger partial charge in [-0.15, -0.1) is 0 Å². The summed E-state index contributed by atoms with van der Waals surface area (Å²) in [5.41, 5.74) is 0.989. The third kappa shape index (κ3) is 3.88. The zero-order valence-electron chi connectivity index (χ0n) is 16.0. The quantitative estimate of drug-likeness (QED) is 0.738. The van der Waals surface area contributed by atoms with E-state index in [2.05, 4.69) is 25.2 Å². The first-order valence-electron chi connectivity index (χ1n) is 9.70. The van der Waals surface area contributed by atoms with Gasteiger partial charge >= 0.3 is 0 Å². The topological polar surface area (TPSA) is 75.9 Å². The van der Waals surface area contributed by atoms with Crippen molar-refractivity contribution in [2.24, 2.45) is 0 Å². The number of hydrogen-bond acceptors (Lipinski definition) is 6. The molecule has 3 heterocycles. The molecule has 0 amide bonds. The number of nitrogens with zero attached hydrogens (tertiary/aromatic N) is 5. The molecule has 0 radical (unpaired) electrons. The van der Waals surface area contributed by atoms with E-state index < -0.39 is 0 Å². The Kier molecular flexibility index (Phi) is 5.32. The number of benzene rings is 1. The molecule has 144 valence electrons. The predicted molar refractivity (Wildman–Crippen MR) is 110 cm³/mol. The molecule has 4 rings (SSSR count). The molecule has 7 heteroatoms. The van der Waals surface area contributed by atoms with Gasteiger partial charge in [0.05, 0.1) is 0 Å². The average molecular weight is 376 g/mol. The monoisotopic (exact) mass is 376 g/mol. The predicted octanol–water partition coefficient (Wildman–Crippen LogP) is 2.80. The molecule has 1 aromatic carbocycles. The number of hydrogen-bond donors (Lipinski definition) is 1. The Bertz CT molecular complexity index is 979. The van der Waals surface area contributed by atoms with Crippen molar-refractivity contribution in [2.75, 3.05) is 23.3 Å². The van der Waals surface area contributed by atoms with Gasteiger partial charge in [-0.25, -0.2) is 15.0 Å². The van der Waals surface area contributed by atoms with Crippen molar-refractivity contribution in [2.45, 2.75) is 32.4 Å². The number of piperidine rings is 1. The van der Waals surface area contributed by atoms with E-state index in [1.165, 1.54) is 0 Å². The van der Waals surface area contributed by atoms with E-state index in [0.29, 0.717) is 18.4 Å². The van der Waals surface area contributed by atoms with E-state index in [4.69, 9.17) is 0 Å². The van der Waals surface area contributed by atoms with Gasteiger partial charge < -0.3 is 14.8 Å². The van der Waals surface area contributed by atoms with Crippen molar-refractivity contribution >= 4 is 11.6 Å². The molecule has 1 saturated heterocycles. The highest BCUT2D eigenvalue weighted by Gasteiger charge is 2.22. The Morgan fingerprint density at radius 1 is 1.07 bits per heavy atom. The molecule has 1 aliphatic rings. The van der Waals surface area contributed by atoms with Crippen LogP contribution in [-0.2, 0) is 6.54 Å². The van der Waals surface area contributed by atoms with Crippen LogP contribution in [-0.4, -0.2) is 38.7 Å². The highest BCUT2D eigenvalue weighted by Crippen LogP contribution is 2.20. The van der Waals surface area contributed by atoms with E-state index in [-0.39, 0.29) is 5.56 Å². The number of aryl methyl sites for hydroxylation is 1. The molecule has 1 fully saturated rings. The maximum Gasteiger partial charge on any atom is 0.293 e. The highest BCUT2D eigenvalue weighted by molar-refractivity contribution is 5.56. The minimum Gasteiger partial charge on any atom is -0.367 e. The van der Waals surface area contributed by atoms with Gasteiger partial charge in [-0.05, 0) is 25.8 Å². The maximum atomic E-state index is 12.5. The van der Waals surface area contributed by atoms with Gasteiger partial charge in [0.15, 0.2) is 11.6 Å². The molecule has 1 aliphatic heterocycles. The Labute approximate surface area is 164 Å². The fourth-order valence-electron chi connectivity index (χ4n) is 3.51. The molecule has 0 bridgehead atoms. The molecule has 2 aromatic heterocycles. The van der Waals surface area contributed by atoms with Crippen molar-refractivity contribution in [3.8, 4) is 11.4 Å². The fourth-order valence-corrected chi connectivity index (χ4v) is 3.51. The van der Waals surface area contributed by atoms with E-state index >= 15 is 0 Å². The average Bonchev–Trinajstić information content (AvgIpc) is 2.75. The molecule has 0 saturated carbocycles.